The lowest BCUT2D eigenvalue weighted by atomic mass is 10.1. The largest absolute Gasteiger partial charge is 0.198 e. The molecule has 0 radical (unpaired) electrons. The summed E-state index contributed by atoms with van der Waals surface area (Å²) in [4.78, 5) is 0. The molecule has 0 aliphatic carbocycles. The fourth-order valence-corrected chi connectivity index (χ4v) is 0.433. The normalized spacial score (nSPS) is 7.33. The van der Waals surface area contributed by atoms with Crippen LogP contribution in [0.3, 0.4) is 0 Å². The number of nitriles is 2. The van der Waals surface area contributed by atoms with Crippen LogP contribution in [0.5, 0.6) is 0 Å². The zero-order valence-corrected chi connectivity index (χ0v) is 5.22. The highest BCUT2D eigenvalue weighted by Gasteiger charge is 1.90. The summed E-state index contributed by atoms with van der Waals surface area (Å²) in [6.07, 6.45) is 1.51. The molecule has 0 fully saturated rings. The average molecular weight is 120 g/mol. The Kier molecular flexibility index (Phi) is 4.18. The van der Waals surface area contributed by atoms with E-state index in [0.29, 0.717) is 19.3 Å². The fraction of sp³-hybridized carbons (Fsp3) is 0.429. The first-order chi connectivity index (χ1) is 4.31. The maximum absolute atomic E-state index is 8.14. The molecule has 9 heavy (non-hydrogen) atoms. The van der Waals surface area contributed by atoms with Crippen LogP contribution in [0, 0.1) is 22.7 Å². The lowest BCUT2D eigenvalue weighted by Crippen LogP contribution is -1.77. The molecule has 0 N–H and O–H groups in total. The van der Waals surface area contributed by atoms with Gasteiger partial charge in [0, 0.05) is 6.42 Å². The highest BCUT2D eigenvalue weighted by Crippen LogP contribution is 2.04. The third-order valence-electron chi connectivity index (χ3n) is 0.919. The predicted molar refractivity (Wildman–Crippen MR) is 34.2 cm³/mol. The van der Waals surface area contributed by atoms with Gasteiger partial charge in [-0.1, -0.05) is 12.2 Å². The van der Waals surface area contributed by atoms with Crippen LogP contribution in [0.2, 0.25) is 0 Å². The van der Waals surface area contributed by atoms with E-state index >= 15 is 0 Å². The first-order valence-corrected chi connectivity index (χ1v) is 2.71. The lowest BCUT2D eigenvalue weighted by Gasteiger charge is -1.91. The van der Waals surface area contributed by atoms with E-state index in [9.17, 15) is 0 Å². The molecule has 0 aromatic rings. The van der Waals surface area contributed by atoms with Crippen molar-refractivity contribution >= 4 is 0 Å². The van der Waals surface area contributed by atoms with Crippen LogP contribution in [-0.4, -0.2) is 0 Å². The van der Waals surface area contributed by atoms with Gasteiger partial charge >= 0.3 is 0 Å². The van der Waals surface area contributed by atoms with E-state index in [1.54, 1.807) is 0 Å². The van der Waals surface area contributed by atoms with Gasteiger partial charge in [-0.2, -0.15) is 10.5 Å². The summed E-state index contributed by atoms with van der Waals surface area (Å²) in [5, 5.41) is 16.3. The molecule has 0 aliphatic heterocycles. The summed E-state index contributed by atoms with van der Waals surface area (Å²) >= 11 is 0. The third kappa shape index (κ3) is 4.58. The summed E-state index contributed by atoms with van der Waals surface area (Å²) < 4.78 is 0. The Morgan fingerprint density at radius 1 is 1.33 bits per heavy atom. The maximum atomic E-state index is 8.14. The van der Waals surface area contributed by atoms with Gasteiger partial charge in [-0.25, -0.2) is 0 Å². The van der Waals surface area contributed by atoms with E-state index in [1.807, 2.05) is 12.1 Å². The SMILES string of the molecule is C=C(CC#N)CCC#N. The molecule has 0 amide bonds. The summed E-state index contributed by atoms with van der Waals surface area (Å²) in [5.41, 5.74) is 0.846. The molecule has 0 heterocycles. The molecule has 2 heteroatoms. The Morgan fingerprint density at radius 3 is 2.44 bits per heavy atom. The Balaban J connectivity index is 3.33. The van der Waals surface area contributed by atoms with Gasteiger partial charge in [-0.05, 0) is 6.42 Å². The Morgan fingerprint density at radius 2 is 2.00 bits per heavy atom. The molecule has 0 rings (SSSR count). The molecule has 0 aromatic carbocycles. The Labute approximate surface area is 55.0 Å². The molecule has 0 unspecified atom stereocenters. The number of nitrogens with zero attached hydrogens (tertiary/aromatic N) is 2. The molecule has 0 saturated heterocycles. The number of rotatable bonds is 3. The zero-order valence-electron chi connectivity index (χ0n) is 5.22. The van der Waals surface area contributed by atoms with Crippen molar-refractivity contribution in [1.82, 2.24) is 0 Å². The standard InChI is InChI=1S/C7H8N2/c1-7(4-6-9)3-2-5-8/h1-4H2. The minimum Gasteiger partial charge on any atom is -0.198 e. The van der Waals surface area contributed by atoms with Crippen LogP contribution in [-0.2, 0) is 0 Å². The van der Waals surface area contributed by atoms with Gasteiger partial charge in [0.15, 0.2) is 0 Å². The monoisotopic (exact) mass is 120 g/mol. The van der Waals surface area contributed by atoms with Crippen molar-refractivity contribution in [2.45, 2.75) is 19.3 Å². The van der Waals surface area contributed by atoms with Crippen molar-refractivity contribution in [2.75, 3.05) is 0 Å². The minimum absolute atomic E-state index is 0.377. The first-order valence-electron chi connectivity index (χ1n) is 2.71. The fourth-order valence-electron chi connectivity index (χ4n) is 0.433. The van der Waals surface area contributed by atoms with E-state index in [1.165, 1.54) is 0 Å². The molecule has 46 valence electrons. The van der Waals surface area contributed by atoms with Crippen molar-refractivity contribution in [3.63, 3.8) is 0 Å². The van der Waals surface area contributed by atoms with Gasteiger partial charge in [0.1, 0.15) is 0 Å². The van der Waals surface area contributed by atoms with Gasteiger partial charge < -0.3 is 0 Å². The van der Waals surface area contributed by atoms with Gasteiger partial charge in [-0.3, -0.25) is 0 Å². The summed E-state index contributed by atoms with van der Waals surface area (Å²) in [5.74, 6) is 0. The minimum atomic E-state index is 0.377. The van der Waals surface area contributed by atoms with Crippen molar-refractivity contribution in [3.05, 3.63) is 12.2 Å². The van der Waals surface area contributed by atoms with Gasteiger partial charge in [0.2, 0.25) is 0 Å². The molecule has 0 bridgehead atoms. The van der Waals surface area contributed by atoms with E-state index in [2.05, 4.69) is 6.58 Å². The van der Waals surface area contributed by atoms with Crippen molar-refractivity contribution in [1.29, 1.82) is 10.5 Å². The molecular weight excluding hydrogens is 112 g/mol. The molecular formula is C7H8N2. The molecule has 0 saturated carbocycles. The first kappa shape index (κ1) is 7.72. The lowest BCUT2D eigenvalue weighted by molar-refractivity contribution is 0.958. The Hall–Kier alpha value is -1.28. The Bertz CT molecular complexity index is 168. The number of hydrogen-bond acceptors (Lipinski definition) is 2. The van der Waals surface area contributed by atoms with Crippen LogP contribution in [0.1, 0.15) is 19.3 Å². The second kappa shape index (κ2) is 4.87. The van der Waals surface area contributed by atoms with Crippen LogP contribution in [0.25, 0.3) is 0 Å². The molecule has 0 spiro atoms. The quantitative estimate of drug-likeness (QED) is 0.533. The molecule has 0 atom stereocenters. The van der Waals surface area contributed by atoms with E-state index < -0.39 is 0 Å². The second-order valence-electron chi connectivity index (χ2n) is 1.74. The summed E-state index contributed by atoms with van der Waals surface area (Å²) in [7, 11) is 0. The van der Waals surface area contributed by atoms with Crippen molar-refractivity contribution in [3.8, 4) is 12.1 Å². The van der Waals surface area contributed by atoms with Crippen LogP contribution >= 0.6 is 0 Å². The van der Waals surface area contributed by atoms with Gasteiger partial charge in [0.05, 0.1) is 18.6 Å². The number of allylic oxidation sites excluding steroid dienone is 1. The smallest absolute Gasteiger partial charge is 0.0666 e. The van der Waals surface area contributed by atoms with Crippen molar-refractivity contribution < 1.29 is 0 Å². The van der Waals surface area contributed by atoms with E-state index in [-0.39, 0.29) is 0 Å². The van der Waals surface area contributed by atoms with Crippen LogP contribution in [0.15, 0.2) is 12.2 Å². The average Bonchev–Trinajstić information content (AvgIpc) is 1.85. The van der Waals surface area contributed by atoms with E-state index in [0.717, 1.165) is 5.57 Å². The summed E-state index contributed by atoms with van der Waals surface area (Å²) in [6.45, 7) is 3.61. The van der Waals surface area contributed by atoms with Crippen LogP contribution < -0.4 is 0 Å². The molecule has 0 aromatic heterocycles. The maximum Gasteiger partial charge on any atom is 0.0666 e. The molecule has 2 nitrogen and oxygen atoms in total. The second-order valence-corrected chi connectivity index (χ2v) is 1.74. The number of hydrogen-bond donors (Lipinski definition) is 0. The van der Waals surface area contributed by atoms with Gasteiger partial charge in [0.25, 0.3) is 0 Å². The van der Waals surface area contributed by atoms with Crippen LogP contribution in [0.4, 0.5) is 0 Å². The topological polar surface area (TPSA) is 47.6 Å². The van der Waals surface area contributed by atoms with Gasteiger partial charge in [-0.15, -0.1) is 0 Å². The highest BCUT2D eigenvalue weighted by molar-refractivity contribution is 5.03. The van der Waals surface area contributed by atoms with Crippen molar-refractivity contribution in [2.24, 2.45) is 0 Å². The zero-order chi connectivity index (χ0) is 7.11. The molecule has 0 aliphatic rings. The van der Waals surface area contributed by atoms with E-state index in [4.69, 9.17) is 10.5 Å². The predicted octanol–water partition coefficient (Wildman–Crippen LogP) is 1.76. The summed E-state index contributed by atoms with van der Waals surface area (Å²) in [6, 6.07) is 3.95. The highest BCUT2D eigenvalue weighted by atomic mass is 14.2. The third-order valence-corrected chi connectivity index (χ3v) is 0.919.